The minimum Gasteiger partial charge on any atom is -0.478 e. The molecular formula is C17H13NO4S. The smallest absolute Gasteiger partial charge is 0.339 e. The van der Waals surface area contributed by atoms with Crippen molar-refractivity contribution in [2.45, 2.75) is 13.3 Å². The van der Waals surface area contributed by atoms with Gasteiger partial charge in [-0.15, -0.1) is 11.3 Å². The van der Waals surface area contributed by atoms with Crippen molar-refractivity contribution in [3.63, 3.8) is 0 Å². The molecule has 1 aliphatic carbocycles. The third-order valence-corrected chi connectivity index (χ3v) is 4.94. The Bertz CT molecular complexity index is 875. The Morgan fingerprint density at radius 1 is 1.22 bits per heavy atom. The fourth-order valence-electron chi connectivity index (χ4n) is 2.45. The maximum absolute atomic E-state index is 12.6. The quantitative estimate of drug-likeness (QED) is 0.666. The van der Waals surface area contributed by atoms with Gasteiger partial charge in [0.15, 0.2) is 5.78 Å². The lowest BCUT2D eigenvalue weighted by Gasteiger charge is -2.08. The number of anilines is 1. The average molecular weight is 327 g/mol. The van der Waals surface area contributed by atoms with Crippen LogP contribution in [0.1, 0.15) is 31.2 Å². The first kappa shape index (κ1) is 15.2. The van der Waals surface area contributed by atoms with Gasteiger partial charge in [-0.25, -0.2) is 4.79 Å². The van der Waals surface area contributed by atoms with Crippen molar-refractivity contribution in [2.75, 3.05) is 5.73 Å². The Hall–Kier alpha value is -2.73. The molecule has 0 amide bonds. The van der Waals surface area contributed by atoms with Gasteiger partial charge in [0.25, 0.3) is 0 Å². The number of carbonyl (C=O) groups is 3. The zero-order valence-electron chi connectivity index (χ0n) is 12.3. The van der Waals surface area contributed by atoms with Gasteiger partial charge in [0.05, 0.1) is 10.6 Å². The van der Waals surface area contributed by atoms with Gasteiger partial charge in [-0.1, -0.05) is 29.8 Å². The van der Waals surface area contributed by atoms with E-state index in [1.54, 1.807) is 12.1 Å². The molecule has 1 aromatic carbocycles. The minimum atomic E-state index is -1.28. The molecule has 0 fully saturated rings. The number of benzene rings is 1. The average Bonchev–Trinajstić information content (AvgIpc) is 2.82. The first-order chi connectivity index (χ1) is 10.9. The molecule has 0 saturated heterocycles. The van der Waals surface area contributed by atoms with E-state index in [-0.39, 0.29) is 23.5 Å². The normalized spacial score (nSPS) is 13.4. The third-order valence-electron chi connectivity index (χ3n) is 3.72. The first-order valence-corrected chi connectivity index (χ1v) is 7.71. The van der Waals surface area contributed by atoms with Crippen LogP contribution in [0.5, 0.6) is 0 Å². The predicted octanol–water partition coefficient (Wildman–Crippen LogP) is 2.46. The molecular weight excluding hydrogens is 314 g/mol. The number of hydrogen-bond acceptors (Lipinski definition) is 5. The van der Waals surface area contributed by atoms with Gasteiger partial charge in [-0.2, -0.15) is 0 Å². The van der Waals surface area contributed by atoms with E-state index in [9.17, 15) is 14.4 Å². The predicted molar refractivity (Wildman–Crippen MR) is 87.7 cm³/mol. The Morgan fingerprint density at radius 3 is 2.48 bits per heavy atom. The Balaban J connectivity index is 2.06. The van der Waals surface area contributed by atoms with E-state index >= 15 is 0 Å². The molecule has 2 aromatic rings. The summed E-state index contributed by atoms with van der Waals surface area (Å²) in [6, 6.07) is 7.12. The molecule has 3 N–H and O–H groups in total. The number of Topliss-reactive ketones (excluding diaryl/α,β-unsaturated/α-hetero) is 1. The SMILES string of the molecule is Cc1ccc(C(=O)c2sc3c(c2N)C=C(C(=O)O)C(=O)C3)cc1. The van der Waals surface area contributed by atoms with Crippen molar-refractivity contribution < 1.29 is 19.5 Å². The summed E-state index contributed by atoms with van der Waals surface area (Å²) in [5.74, 6) is -1.97. The molecule has 0 radical (unpaired) electrons. The van der Waals surface area contributed by atoms with Crippen LogP contribution in [0.3, 0.4) is 0 Å². The fourth-order valence-corrected chi connectivity index (χ4v) is 3.61. The number of rotatable bonds is 3. The molecule has 6 heteroatoms. The first-order valence-electron chi connectivity index (χ1n) is 6.89. The van der Waals surface area contributed by atoms with Gasteiger partial charge in [0.1, 0.15) is 5.57 Å². The van der Waals surface area contributed by atoms with E-state index in [4.69, 9.17) is 10.8 Å². The number of nitrogen functional groups attached to an aromatic ring is 1. The zero-order valence-corrected chi connectivity index (χ0v) is 13.1. The number of carbonyl (C=O) groups excluding carboxylic acids is 2. The summed E-state index contributed by atoms with van der Waals surface area (Å²) in [5, 5.41) is 9.05. The molecule has 0 atom stereocenters. The maximum atomic E-state index is 12.6. The second-order valence-electron chi connectivity index (χ2n) is 5.34. The topological polar surface area (TPSA) is 97.5 Å². The number of carboxylic acid groups (broad SMARTS) is 1. The van der Waals surface area contributed by atoms with E-state index in [1.807, 2.05) is 19.1 Å². The van der Waals surface area contributed by atoms with Crippen LogP contribution < -0.4 is 5.73 Å². The van der Waals surface area contributed by atoms with E-state index < -0.39 is 11.8 Å². The number of thiophene rings is 1. The van der Waals surface area contributed by atoms with Gasteiger partial charge in [-0.05, 0) is 13.0 Å². The number of aliphatic carboxylic acids is 1. The Morgan fingerprint density at radius 2 is 1.87 bits per heavy atom. The number of nitrogens with two attached hydrogens (primary N) is 1. The number of hydrogen-bond donors (Lipinski definition) is 2. The van der Waals surface area contributed by atoms with E-state index in [1.165, 1.54) is 6.08 Å². The molecule has 23 heavy (non-hydrogen) atoms. The molecule has 0 bridgehead atoms. The molecule has 1 aliphatic rings. The summed E-state index contributed by atoms with van der Waals surface area (Å²) in [7, 11) is 0. The van der Waals surface area contributed by atoms with Crippen LogP contribution in [0.2, 0.25) is 0 Å². The summed E-state index contributed by atoms with van der Waals surface area (Å²) >= 11 is 1.15. The summed E-state index contributed by atoms with van der Waals surface area (Å²) < 4.78 is 0. The van der Waals surface area contributed by atoms with Crippen LogP contribution in [-0.4, -0.2) is 22.6 Å². The van der Waals surface area contributed by atoms with Crippen molar-refractivity contribution >= 4 is 40.6 Å². The fraction of sp³-hybridized carbons (Fsp3) is 0.118. The van der Waals surface area contributed by atoms with Crippen molar-refractivity contribution in [1.29, 1.82) is 0 Å². The van der Waals surface area contributed by atoms with Crippen LogP contribution in [0.15, 0.2) is 29.8 Å². The highest BCUT2D eigenvalue weighted by Gasteiger charge is 2.29. The van der Waals surface area contributed by atoms with Crippen molar-refractivity contribution in [2.24, 2.45) is 0 Å². The molecule has 0 aliphatic heterocycles. The van der Waals surface area contributed by atoms with E-state index in [0.29, 0.717) is 20.9 Å². The second-order valence-corrected chi connectivity index (χ2v) is 6.45. The summed E-state index contributed by atoms with van der Waals surface area (Å²) in [6.45, 7) is 1.93. The van der Waals surface area contributed by atoms with Crippen molar-refractivity contribution in [1.82, 2.24) is 0 Å². The molecule has 0 spiro atoms. The molecule has 0 saturated carbocycles. The second kappa shape index (κ2) is 5.48. The molecule has 116 valence electrons. The maximum Gasteiger partial charge on any atom is 0.339 e. The van der Waals surface area contributed by atoms with Gasteiger partial charge in [0.2, 0.25) is 5.78 Å². The van der Waals surface area contributed by atoms with Crippen LogP contribution in [0, 0.1) is 6.92 Å². The highest BCUT2D eigenvalue weighted by atomic mass is 32.1. The molecule has 5 nitrogen and oxygen atoms in total. The van der Waals surface area contributed by atoms with Crippen LogP contribution >= 0.6 is 11.3 Å². The van der Waals surface area contributed by atoms with E-state index in [2.05, 4.69) is 0 Å². The Kier molecular flexibility index (Phi) is 3.61. The van der Waals surface area contributed by atoms with Crippen molar-refractivity contribution in [3.05, 3.63) is 56.3 Å². The van der Waals surface area contributed by atoms with Crippen LogP contribution in [-0.2, 0) is 16.0 Å². The molecule has 1 aromatic heterocycles. The standard InChI is InChI=1S/C17H13NO4S/c1-8-2-4-9(5-3-8)15(20)16-14(18)11-6-10(17(21)22)12(19)7-13(11)23-16/h2-6H,7,18H2,1H3,(H,21,22). The number of ketones is 2. The molecule has 1 heterocycles. The van der Waals surface area contributed by atoms with E-state index in [0.717, 1.165) is 16.9 Å². The minimum absolute atomic E-state index is 0.0382. The number of aryl methyl sites for hydroxylation is 1. The van der Waals surface area contributed by atoms with Gasteiger partial charge < -0.3 is 10.8 Å². The summed E-state index contributed by atoms with van der Waals surface area (Å²) in [5.41, 5.74) is 8.01. The van der Waals surface area contributed by atoms with Crippen molar-refractivity contribution in [3.8, 4) is 0 Å². The zero-order chi connectivity index (χ0) is 16.7. The van der Waals surface area contributed by atoms with Gasteiger partial charge >= 0.3 is 5.97 Å². The lowest BCUT2D eigenvalue weighted by molar-refractivity contribution is -0.134. The number of carboxylic acids is 1. The molecule has 0 unspecified atom stereocenters. The summed E-state index contributed by atoms with van der Waals surface area (Å²) in [4.78, 5) is 36.5. The highest BCUT2D eigenvalue weighted by Crippen LogP contribution is 2.37. The lowest BCUT2D eigenvalue weighted by atomic mass is 9.96. The van der Waals surface area contributed by atoms with Crippen LogP contribution in [0.25, 0.3) is 6.08 Å². The Labute approximate surface area is 136 Å². The third kappa shape index (κ3) is 2.57. The highest BCUT2D eigenvalue weighted by molar-refractivity contribution is 7.15. The van der Waals surface area contributed by atoms with Gasteiger partial charge in [0, 0.05) is 22.4 Å². The van der Waals surface area contributed by atoms with Crippen LogP contribution in [0.4, 0.5) is 5.69 Å². The monoisotopic (exact) mass is 327 g/mol. The van der Waals surface area contributed by atoms with Gasteiger partial charge in [-0.3, -0.25) is 9.59 Å². The summed E-state index contributed by atoms with van der Waals surface area (Å²) in [6.07, 6.45) is 1.23. The largest absolute Gasteiger partial charge is 0.478 e. The number of fused-ring (bicyclic) bond motifs is 1. The lowest BCUT2D eigenvalue weighted by Crippen LogP contribution is -2.17. The molecule has 3 rings (SSSR count).